The second-order valence-electron chi connectivity index (χ2n) is 6.37. The molecule has 3 rings (SSSR count). The van der Waals surface area contributed by atoms with E-state index in [9.17, 15) is 9.59 Å². The monoisotopic (exact) mass is 391 g/mol. The van der Waals surface area contributed by atoms with Crippen molar-refractivity contribution >= 4 is 51.4 Å². The Morgan fingerprint density at radius 3 is 2.85 bits per heavy atom. The van der Waals surface area contributed by atoms with E-state index >= 15 is 0 Å². The van der Waals surface area contributed by atoms with E-state index in [4.69, 9.17) is 0 Å². The number of carbonyl (C=O) groups is 2. The first kappa shape index (κ1) is 18.7. The Hall–Kier alpha value is -2.13. The van der Waals surface area contributed by atoms with Crippen molar-refractivity contribution in [2.75, 3.05) is 22.1 Å². The van der Waals surface area contributed by atoms with Gasteiger partial charge >= 0.3 is 0 Å². The Balaban J connectivity index is 1.85. The molecule has 0 fully saturated rings. The smallest absolute Gasteiger partial charge is 0.250 e. The summed E-state index contributed by atoms with van der Waals surface area (Å²) in [4.78, 5) is 27.3. The van der Waals surface area contributed by atoms with Gasteiger partial charge in [-0.25, -0.2) is 0 Å². The van der Waals surface area contributed by atoms with Crippen LogP contribution in [-0.4, -0.2) is 39.3 Å². The summed E-state index contributed by atoms with van der Waals surface area (Å²) >= 11 is 2.77. The number of para-hydroxylation sites is 2. The van der Waals surface area contributed by atoms with Crippen LogP contribution in [0.1, 0.15) is 27.7 Å². The van der Waals surface area contributed by atoms with Gasteiger partial charge in [0.15, 0.2) is 4.34 Å². The molecule has 1 aliphatic rings. The first-order valence-electron chi connectivity index (χ1n) is 8.33. The van der Waals surface area contributed by atoms with Crippen molar-refractivity contribution in [3.63, 3.8) is 0 Å². The van der Waals surface area contributed by atoms with Crippen molar-refractivity contribution in [1.29, 1.82) is 0 Å². The lowest BCUT2D eigenvalue weighted by molar-refractivity contribution is -0.126. The molecule has 2 aromatic rings. The van der Waals surface area contributed by atoms with E-state index in [1.807, 2.05) is 32.0 Å². The van der Waals surface area contributed by atoms with Gasteiger partial charge < -0.3 is 10.6 Å². The molecule has 138 valence electrons. The number of hydrogen-bond acceptors (Lipinski definition) is 7. The molecule has 0 unspecified atom stereocenters. The van der Waals surface area contributed by atoms with Crippen LogP contribution in [0.15, 0.2) is 28.6 Å². The van der Waals surface area contributed by atoms with Gasteiger partial charge in [0, 0.05) is 6.54 Å². The maximum absolute atomic E-state index is 13.2. The van der Waals surface area contributed by atoms with E-state index in [0.29, 0.717) is 15.7 Å². The van der Waals surface area contributed by atoms with Gasteiger partial charge in [0.2, 0.25) is 16.9 Å². The molecule has 1 aromatic carbocycles. The minimum Gasteiger partial charge on any atom is -0.360 e. The highest BCUT2D eigenvalue weighted by molar-refractivity contribution is 8.02. The normalized spacial score (nSPS) is 16.6. The maximum Gasteiger partial charge on any atom is 0.250 e. The Kier molecular flexibility index (Phi) is 5.19. The number of amides is 2. The molecule has 2 N–H and O–H groups in total. The third-order valence-electron chi connectivity index (χ3n) is 4.09. The third-order valence-corrected chi connectivity index (χ3v) is 6.14. The summed E-state index contributed by atoms with van der Waals surface area (Å²) in [5.41, 5.74) is 0.379. The van der Waals surface area contributed by atoms with E-state index in [1.165, 1.54) is 23.1 Å². The van der Waals surface area contributed by atoms with Gasteiger partial charge in [-0.15, -0.1) is 10.2 Å². The first-order valence-corrected chi connectivity index (χ1v) is 10.0. The van der Waals surface area contributed by atoms with Crippen LogP contribution in [0.25, 0.3) is 0 Å². The summed E-state index contributed by atoms with van der Waals surface area (Å²) < 4.78 is 0.717. The Morgan fingerprint density at radius 1 is 1.38 bits per heavy atom. The lowest BCUT2D eigenvalue weighted by Crippen LogP contribution is -2.60. The van der Waals surface area contributed by atoms with E-state index < -0.39 is 10.8 Å². The van der Waals surface area contributed by atoms with Crippen LogP contribution < -0.4 is 15.5 Å². The van der Waals surface area contributed by atoms with Crippen LogP contribution in [-0.2, 0) is 9.59 Å². The number of aromatic nitrogens is 2. The van der Waals surface area contributed by atoms with Gasteiger partial charge in [0.25, 0.3) is 0 Å². The molecular formula is C17H21N5O2S2. The molecule has 7 nitrogen and oxygen atoms in total. The number of rotatable bonds is 5. The number of hydrogen-bond donors (Lipinski definition) is 2. The number of fused-ring (bicyclic) bond motifs is 1. The van der Waals surface area contributed by atoms with Crippen LogP contribution in [0.3, 0.4) is 0 Å². The van der Waals surface area contributed by atoms with Crippen molar-refractivity contribution in [3.05, 3.63) is 24.3 Å². The van der Waals surface area contributed by atoms with Crippen molar-refractivity contribution in [2.45, 2.75) is 42.8 Å². The van der Waals surface area contributed by atoms with Crippen LogP contribution >= 0.6 is 23.1 Å². The standard InChI is InChI=1S/C17H21N5O2S2/c1-5-18-15-20-21-16(26-15)25-10(2)13(23)22-12-9-7-6-8-11(12)19-14(24)17(22,3)4/h6-10H,5H2,1-4H3,(H,18,20)(H,19,24)/t10-/m1/s1. The zero-order valence-electron chi connectivity index (χ0n) is 15.1. The molecule has 1 aliphatic heterocycles. The van der Waals surface area contributed by atoms with Crippen LogP contribution in [0.5, 0.6) is 0 Å². The van der Waals surface area contributed by atoms with Crippen LogP contribution in [0.4, 0.5) is 16.5 Å². The van der Waals surface area contributed by atoms with E-state index in [2.05, 4.69) is 20.8 Å². The van der Waals surface area contributed by atoms with Crippen LogP contribution in [0.2, 0.25) is 0 Å². The molecule has 0 saturated carbocycles. The summed E-state index contributed by atoms with van der Waals surface area (Å²) in [6, 6.07) is 7.34. The number of nitrogens with zero attached hydrogens (tertiary/aromatic N) is 3. The molecule has 0 spiro atoms. The van der Waals surface area contributed by atoms with Crippen LogP contribution in [0, 0.1) is 0 Å². The SMILES string of the molecule is CCNc1nnc(S[C@H](C)C(=O)N2c3ccccc3NC(=O)C2(C)C)s1. The van der Waals surface area contributed by atoms with Crippen molar-refractivity contribution in [2.24, 2.45) is 0 Å². The fraction of sp³-hybridized carbons (Fsp3) is 0.412. The molecule has 0 radical (unpaired) electrons. The lowest BCUT2D eigenvalue weighted by atomic mass is 9.96. The van der Waals surface area contributed by atoms with E-state index in [1.54, 1.807) is 24.8 Å². The highest BCUT2D eigenvalue weighted by Crippen LogP contribution is 2.39. The average molecular weight is 392 g/mol. The Bertz CT molecular complexity index is 836. The van der Waals surface area contributed by atoms with Gasteiger partial charge in [-0.1, -0.05) is 35.2 Å². The number of benzene rings is 1. The summed E-state index contributed by atoms with van der Waals surface area (Å²) in [6.07, 6.45) is 0. The predicted octanol–water partition coefficient (Wildman–Crippen LogP) is 3.21. The Labute approximate surface area is 160 Å². The summed E-state index contributed by atoms with van der Waals surface area (Å²) in [5, 5.41) is 14.5. The number of thioether (sulfide) groups is 1. The molecule has 0 saturated heterocycles. The van der Waals surface area contributed by atoms with E-state index in [0.717, 1.165) is 11.7 Å². The van der Waals surface area contributed by atoms with Crippen molar-refractivity contribution in [3.8, 4) is 0 Å². The first-order chi connectivity index (χ1) is 12.3. The molecule has 1 aromatic heterocycles. The fourth-order valence-corrected chi connectivity index (χ4v) is 4.71. The fourth-order valence-electron chi connectivity index (χ4n) is 2.71. The molecule has 9 heteroatoms. The largest absolute Gasteiger partial charge is 0.360 e. The van der Waals surface area contributed by atoms with Crippen molar-refractivity contribution in [1.82, 2.24) is 10.2 Å². The van der Waals surface area contributed by atoms with Gasteiger partial charge in [0.1, 0.15) is 5.54 Å². The highest BCUT2D eigenvalue weighted by atomic mass is 32.2. The molecule has 0 bridgehead atoms. The average Bonchev–Trinajstić information content (AvgIpc) is 3.02. The number of anilines is 3. The number of carbonyl (C=O) groups excluding carboxylic acids is 2. The minimum absolute atomic E-state index is 0.137. The topological polar surface area (TPSA) is 87.2 Å². The Morgan fingerprint density at radius 2 is 2.12 bits per heavy atom. The predicted molar refractivity (Wildman–Crippen MR) is 106 cm³/mol. The van der Waals surface area contributed by atoms with Gasteiger partial charge in [-0.2, -0.15) is 0 Å². The number of nitrogens with one attached hydrogen (secondary N) is 2. The molecule has 1 atom stereocenters. The zero-order valence-corrected chi connectivity index (χ0v) is 16.7. The summed E-state index contributed by atoms with van der Waals surface area (Å²) in [7, 11) is 0. The highest BCUT2D eigenvalue weighted by Gasteiger charge is 2.44. The van der Waals surface area contributed by atoms with Gasteiger partial charge in [0.05, 0.1) is 16.6 Å². The zero-order chi connectivity index (χ0) is 18.9. The molecule has 0 aliphatic carbocycles. The van der Waals surface area contributed by atoms with Gasteiger partial charge in [-0.05, 0) is 39.8 Å². The molecule has 2 amide bonds. The molecule has 2 heterocycles. The third kappa shape index (κ3) is 3.41. The molecular weight excluding hydrogens is 370 g/mol. The van der Waals surface area contributed by atoms with E-state index in [-0.39, 0.29) is 11.8 Å². The molecule has 26 heavy (non-hydrogen) atoms. The quantitative estimate of drug-likeness (QED) is 0.761. The second kappa shape index (κ2) is 7.24. The minimum atomic E-state index is -0.976. The second-order valence-corrected chi connectivity index (χ2v) is 8.93. The van der Waals surface area contributed by atoms with Crippen molar-refractivity contribution < 1.29 is 9.59 Å². The van der Waals surface area contributed by atoms with Gasteiger partial charge in [-0.3, -0.25) is 14.5 Å². The lowest BCUT2D eigenvalue weighted by Gasteiger charge is -2.42. The maximum atomic E-state index is 13.2. The summed E-state index contributed by atoms with van der Waals surface area (Å²) in [5.74, 6) is -0.338. The summed E-state index contributed by atoms with van der Waals surface area (Å²) in [6.45, 7) is 8.08.